The van der Waals surface area contributed by atoms with E-state index >= 15 is 0 Å². The van der Waals surface area contributed by atoms with E-state index < -0.39 is 22.8 Å². The third-order valence-corrected chi connectivity index (χ3v) is 5.89. The van der Waals surface area contributed by atoms with Gasteiger partial charge >= 0.3 is 0 Å². The number of nitrogens with one attached hydrogen (secondary N) is 1. The van der Waals surface area contributed by atoms with Crippen LogP contribution in [0.25, 0.3) is 6.08 Å². The molecule has 3 rings (SSSR count). The van der Waals surface area contributed by atoms with Crippen molar-refractivity contribution in [3.8, 4) is 0 Å². The number of nitrogens with zero attached hydrogens (tertiary/aromatic N) is 2. The summed E-state index contributed by atoms with van der Waals surface area (Å²) in [7, 11) is 1.65. The van der Waals surface area contributed by atoms with Crippen LogP contribution in [0, 0.1) is 11.6 Å². The number of likely N-dealkylation sites (N-methyl/N-ethyl adjacent to an activating group) is 1. The Bertz CT molecular complexity index is 1060. The van der Waals surface area contributed by atoms with Crippen LogP contribution in [0.3, 0.4) is 0 Å². The summed E-state index contributed by atoms with van der Waals surface area (Å²) in [6, 6.07) is 10.3. The van der Waals surface area contributed by atoms with Crippen molar-refractivity contribution >= 4 is 46.5 Å². The van der Waals surface area contributed by atoms with Gasteiger partial charge in [-0.05, 0) is 43.1 Å². The lowest BCUT2D eigenvalue weighted by atomic mass is 10.2. The molecule has 1 saturated heterocycles. The maximum Gasteiger partial charge on any atom is 0.293 e. The topological polar surface area (TPSA) is 69.7 Å². The number of carbonyl (C=O) groups excluding carboxylic acids is 3. The van der Waals surface area contributed by atoms with Gasteiger partial charge < -0.3 is 5.32 Å². The van der Waals surface area contributed by atoms with Crippen LogP contribution in [0.15, 0.2) is 47.4 Å². The van der Waals surface area contributed by atoms with Crippen LogP contribution in [-0.4, -0.2) is 53.5 Å². The number of imide groups is 1. The number of amides is 3. The van der Waals surface area contributed by atoms with Crippen LogP contribution in [0.5, 0.6) is 0 Å². The molecule has 168 valence electrons. The molecule has 0 unspecified atom stereocenters. The standard InChI is InChI=1S/C22H20ClF2N3O3S/c1-27(12-15-16(23)6-4-8-18(15)25)13-20(29)26-9-10-28-21(30)19(32-22(28)31)11-14-5-2-3-7-17(14)24/h2-8,11H,9-10,12-13H2,1H3,(H,26,29)/b19-11-. The Morgan fingerprint density at radius 1 is 1.16 bits per heavy atom. The Labute approximate surface area is 193 Å². The minimum atomic E-state index is -0.538. The number of benzene rings is 2. The summed E-state index contributed by atoms with van der Waals surface area (Å²) in [5.41, 5.74) is 0.508. The summed E-state index contributed by atoms with van der Waals surface area (Å²) < 4.78 is 27.7. The van der Waals surface area contributed by atoms with Gasteiger partial charge in [-0.1, -0.05) is 35.9 Å². The molecule has 3 amide bonds. The second-order valence-corrected chi connectivity index (χ2v) is 8.48. The average Bonchev–Trinajstić information content (AvgIpc) is 3.00. The largest absolute Gasteiger partial charge is 0.353 e. The molecule has 0 aliphatic carbocycles. The van der Waals surface area contributed by atoms with Crippen molar-refractivity contribution in [2.24, 2.45) is 0 Å². The Balaban J connectivity index is 1.49. The Morgan fingerprint density at radius 3 is 2.59 bits per heavy atom. The molecule has 1 heterocycles. The highest BCUT2D eigenvalue weighted by molar-refractivity contribution is 8.18. The minimum Gasteiger partial charge on any atom is -0.353 e. The van der Waals surface area contributed by atoms with E-state index in [1.165, 1.54) is 36.4 Å². The lowest BCUT2D eigenvalue weighted by molar-refractivity contribution is -0.124. The fourth-order valence-electron chi connectivity index (χ4n) is 3.04. The van der Waals surface area contributed by atoms with Gasteiger partial charge in [-0.2, -0.15) is 0 Å². The molecule has 0 bridgehead atoms. The highest BCUT2D eigenvalue weighted by Gasteiger charge is 2.34. The number of rotatable bonds is 8. The molecule has 0 spiro atoms. The molecular formula is C22H20ClF2N3O3S. The van der Waals surface area contributed by atoms with Gasteiger partial charge in [0.25, 0.3) is 11.1 Å². The highest BCUT2D eigenvalue weighted by Crippen LogP contribution is 2.32. The second kappa shape index (κ2) is 10.7. The van der Waals surface area contributed by atoms with E-state index in [0.29, 0.717) is 5.56 Å². The predicted octanol–water partition coefficient (Wildman–Crippen LogP) is 3.90. The summed E-state index contributed by atoms with van der Waals surface area (Å²) in [6.45, 7) is 0.147. The Kier molecular flexibility index (Phi) is 8.00. The van der Waals surface area contributed by atoms with Gasteiger partial charge in [-0.3, -0.25) is 24.2 Å². The van der Waals surface area contributed by atoms with Gasteiger partial charge in [0.1, 0.15) is 11.6 Å². The first-order valence-electron chi connectivity index (χ1n) is 9.64. The first kappa shape index (κ1) is 23.9. The summed E-state index contributed by atoms with van der Waals surface area (Å²) in [4.78, 5) is 39.5. The summed E-state index contributed by atoms with van der Waals surface area (Å²) in [5, 5.41) is 2.42. The van der Waals surface area contributed by atoms with Crippen LogP contribution in [0.4, 0.5) is 13.6 Å². The van der Waals surface area contributed by atoms with Crippen molar-refractivity contribution in [3.05, 3.63) is 75.2 Å². The molecule has 1 fully saturated rings. The van der Waals surface area contributed by atoms with E-state index in [0.717, 1.165) is 16.7 Å². The second-order valence-electron chi connectivity index (χ2n) is 7.08. The van der Waals surface area contributed by atoms with E-state index in [4.69, 9.17) is 11.6 Å². The first-order valence-corrected chi connectivity index (χ1v) is 10.8. The number of thioether (sulfide) groups is 1. The van der Waals surface area contributed by atoms with Crippen molar-refractivity contribution in [2.45, 2.75) is 6.54 Å². The highest BCUT2D eigenvalue weighted by atomic mass is 35.5. The van der Waals surface area contributed by atoms with Crippen LogP contribution in [-0.2, 0) is 16.1 Å². The molecule has 1 aliphatic heterocycles. The molecule has 32 heavy (non-hydrogen) atoms. The van der Waals surface area contributed by atoms with Crippen molar-refractivity contribution in [1.29, 1.82) is 0 Å². The Hall–Kier alpha value is -2.75. The van der Waals surface area contributed by atoms with Crippen molar-refractivity contribution in [1.82, 2.24) is 15.1 Å². The number of hydrogen-bond acceptors (Lipinski definition) is 5. The van der Waals surface area contributed by atoms with Gasteiger partial charge in [-0.25, -0.2) is 8.78 Å². The number of halogens is 3. The summed E-state index contributed by atoms with van der Waals surface area (Å²) in [6.07, 6.45) is 1.33. The van der Waals surface area contributed by atoms with E-state index in [9.17, 15) is 23.2 Å². The molecule has 2 aromatic carbocycles. The van der Waals surface area contributed by atoms with Gasteiger partial charge in [-0.15, -0.1) is 0 Å². The van der Waals surface area contributed by atoms with E-state index in [2.05, 4.69) is 5.32 Å². The lowest BCUT2D eigenvalue weighted by Crippen LogP contribution is -2.40. The molecule has 0 aromatic heterocycles. The first-order chi connectivity index (χ1) is 15.3. The van der Waals surface area contributed by atoms with Crippen LogP contribution < -0.4 is 5.32 Å². The molecular weight excluding hydrogens is 460 g/mol. The van der Waals surface area contributed by atoms with E-state index in [1.54, 1.807) is 24.1 Å². The summed E-state index contributed by atoms with van der Waals surface area (Å²) in [5.74, 6) is -1.84. The van der Waals surface area contributed by atoms with Gasteiger partial charge in [0, 0.05) is 35.8 Å². The van der Waals surface area contributed by atoms with Gasteiger partial charge in [0.05, 0.1) is 11.4 Å². The monoisotopic (exact) mass is 479 g/mol. The molecule has 0 atom stereocenters. The average molecular weight is 480 g/mol. The molecule has 10 heteroatoms. The third kappa shape index (κ3) is 5.93. The Morgan fingerprint density at radius 2 is 1.88 bits per heavy atom. The molecule has 1 aliphatic rings. The predicted molar refractivity (Wildman–Crippen MR) is 120 cm³/mol. The number of hydrogen-bond donors (Lipinski definition) is 1. The quantitative estimate of drug-likeness (QED) is 0.581. The molecule has 6 nitrogen and oxygen atoms in total. The zero-order valence-corrected chi connectivity index (χ0v) is 18.7. The van der Waals surface area contributed by atoms with Crippen molar-refractivity contribution < 1.29 is 23.2 Å². The smallest absolute Gasteiger partial charge is 0.293 e. The molecule has 2 aromatic rings. The van der Waals surface area contributed by atoms with E-state index in [1.807, 2.05) is 0 Å². The lowest BCUT2D eigenvalue weighted by Gasteiger charge is -2.18. The maximum absolute atomic E-state index is 13.9. The molecule has 0 saturated carbocycles. The van der Waals surface area contributed by atoms with Crippen LogP contribution >= 0.6 is 23.4 Å². The maximum atomic E-state index is 13.9. The molecule has 0 radical (unpaired) electrons. The fraction of sp³-hybridized carbons (Fsp3) is 0.227. The zero-order valence-electron chi connectivity index (χ0n) is 17.1. The fourth-order valence-corrected chi connectivity index (χ4v) is 4.12. The van der Waals surface area contributed by atoms with E-state index in [-0.39, 0.29) is 47.6 Å². The summed E-state index contributed by atoms with van der Waals surface area (Å²) >= 11 is 6.72. The van der Waals surface area contributed by atoms with Gasteiger partial charge in [0.2, 0.25) is 5.91 Å². The SMILES string of the molecule is CN(CC(=O)NCCN1C(=O)S/C(=C\c2ccccc2F)C1=O)Cc1c(F)cccc1Cl. The normalized spacial score (nSPS) is 15.2. The molecule has 1 N–H and O–H groups in total. The van der Waals surface area contributed by atoms with Gasteiger partial charge in [0.15, 0.2) is 0 Å². The van der Waals surface area contributed by atoms with Crippen LogP contribution in [0.2, 0.25) is 5.02 Å². The van der Waals surface area contributed by atoms with Crippen molar-refractivity contribution in [2.75, 3.05) is 26.7 Å². The number of carbonyl (C=O) groups is 3. The third-order valence-electron chi connectivity index (χ3n) is 4.63. The zero-order chi connectivity index (χ0) is 23.3. The minimum absolute atomic E-state index is 0.0200. The van der Waals surface area contributed by atoms with Crippen LogP contribution in [0.1, 0.15) is 11.1 Å². The van der Waals surface area contributed by atoms with Crippen molar-refractivity contribution in [3.63, 3.8) is 0 Å².